The summed E-state index contributed by atoms with van der Waals surface area (Å²) in [5.74, 6) is 1.79. The lowest BCUT2D eigenvalue weighted by Gasteiger charge is -2.65. The maximum absolute atomic E-state index is 2.56. The first-order valence-electron chi connectivity index (χ1n) is 8.96. The van der Waals surface area contributed by atoms with Crippen LogP contribution in [-0.4, -0.2) is 15.5 Å². The minimum atomic E-state index is 0.0127. The van der Waals surface area contributed by atoms with Crippen LogP contribution in [0.3, 0.4) is 0 Å². The molecule has 120 valence electrons. The molecule has 0 spiro atoms. The van der Waals surface area contributed by atoms with Crippen molar-refractivity contribution in [3.05, 3.63) is 0 Å². The molecular formula is C19H39P. The van der Waals surface area contributed by atoms with Gasteiger partial charge in [-0.1, -0.05) is 70.2 Å². The van der Waals surface area contributed by atoms with Crippen LogP contribution in [0.1, 0.15) is 94.4 Å². The van der Waals surface area contributed by atoms with Crippen molar-refractivity contribution in [1.29, 1.82) is 0 Å². The lowest BCUT2D eigenvalue weighted by atomic mass is 9.75. The van der Waals surface area contributed by atoms with E-state index in [0.29, 0.717) is 15.5 Å². The van der Waals surface area contributed by atoms with Crippen LogP contribution >= 0.6 is 7.92 Å². The van der Waals surface area contributed by atoms with Crippen molar-refractivity contribution in [2.75, 3.05) is 0 Å². The van der Waals surface area contributed by atoms with Crippen molar-refractivity contribution in [2.45, 2.75) is 110 Å². The first kappa shape index (κ1) is 18.5. The van der Waals surface area contributed by atoms with E-state index in [4.69, 9.17) is 0 Å². The van der Waals surface area contributed by atoms with Gasteiger partial charge in [0.1, 0.15) is 0 Å². The van der Waals surface area contributed by atoms with Crippen molar-refractivity contribution in [2.24, 2.45) is 11.8 Å². The summed E-state index contributed by atoms with van der Waals surface area (Å²) in [7, 11) is 0.0127. The fourth-order valence-corrected chi connectivity index (χ4v) is 11.6. The quantitative estimate of drug-likeness (QED) is 0.487. The van der Waals surface area contributed by atoms with Crippen molar-refractivity contribution in [3.8, 4) is 0 Å². The number of hydrogen-bond donors (Lipinski definition) is 0. The minimum absolute atomic E-state index is 0.0127. The van der Waals surface area contributed by atoms with E-state index in [1.54, 1.807) is 0 Å². The first-order chi connectivity index (χ1) is 9.16. The van der Waals surface area contributed by atoms with E-state index in [0.717, 1.165) is 11.8 Å². The number of rotatable bonds is 4. The Morgan fingerprint density at radius 3 is 1.30 bits per heavy atom. The van der Waals surface area contributed by atoms with Gasteiger partial charge in [-0.3, -0.25) is 0 Å². The van der Waals surface area contributed by atoms with E-state index in [1.807, 2.05) is 0 Å². The Kier molecular flexibility index (Phi) is 5.80. The van der Waals surface area contributed by atoms with Gasteiger partial charge in [0.15, 0.2) is 0 Å². The average Bonchev–Trinajstić information content (AvgIpc) is 2.38. The third kappa shape index (κ3) is 2.60. The zero-order valence-corrected chi connectivity index (χ0v) is 16.5. The van der Waals surface area contributed by atoms with E-state index < -0.39 is 0 Å². The first-order valence-corrected chi connectivity index (χ1v) is 10.3. The second kappa shape index (κ2) is 6.28. The molecule has 1 heteroatoms. The van der Waals surface area contributed by atoms with Gasteiger partial charge in [0.05, 0.1) is 0 Å². The molecule has 0 aromatic rings. The van der Waals surface area contributed by atoms with Gasteiger partial charge in [0, 0.05) is 0 Å². The van der Waals surface area contributed by atoms with Crippen molar-refractivity contribution in [3.63, 3.8) is 0 Å². The van der Waals surface area contributed by atoms with Crippen LogP contribution in [0.15, 0.2) is 0 Å². The van der Waals surface area contributed by atoms with Crippen LogP contribution in [0, 0.1) is 11.8 Å². The maximum Gasteiger partial charge on any atom is -0.00642 e. The summed E-state index contributed by atoms with van der Waals surface area (Å²) in [6.45, 7) is 22.6. The fraction of sp³-hybridized carbons (Fsp3) is 1.00. The Bertz CT molecular complexity index is 280. The standard InChI is InChI=1S/C19H39P/c1-10-18(11-2)15(5)14-16(6)19(12-3,13-4)20(18)17(7,8)9/h15-16H,10-14H2,1-9H3. The highest BCUT2D eigenvalue weighted by Crippen LogP contribution is 2.78. The third-order valence-corrected chi connectivity index (χ3v) is 11.8. The third-order valence-electron chi connectivity index (χ3n) is 6.55. The molecule has 0 amide bonds. The van der Waals surface area contributed by atoms with E-state index in [-0.39, 0.29) is 7.92 Å². The summed E-state index contributed by atoms with van der Waals surface area (Å²) < 4.78 is 0. The van der Waals surface area contributed by atoms with E-state index >= 15 is 0 Å². The Labute approximate surface area is 130 Å². The predicted molar refractivity (Wildman–Crippen MR) is 96.2 cm³/mol. The molecule has 0 bridgehead atoms. The van der Waals surface area contributed by atoms with Crippen molar-refractivity contribution in [1.82, 2.24) is 0 Å². The lowest BCUT2D eigenvalue weighted by molar-refractivity contribution is 0.214. The summed E-state index contributed by atoms with van der Waals surface area (Å²) in [6.07, 6.45) is 6.95. The van der Waals surface area contributed by atoms with Crippen molar-refractivity contribution < 1.29 is 0 Å². The molecule has 1 rings (SSSR count). The normalized spacial score (nSPS) is 33.1. The molecule has 1 heterocycles. The highest BCUT2D eigenvalue weighted by atomic mass is 31.1. The molecule has 1 aliphatic heterocycles. The van der Waals surface area contributed by atoms with Crippen LogP contribution in [0.5, 0.6) is 0 Å². The topological polar surface area (TPSA) is 0 Å². The Balaban J connectivity index is 3.51. The van der Waals surface area contributed by atoms with Crippen LogP contribution < -0.4 is 0 Å². The van der Waals surface area contributed by atoms with Gasteiger partial charge >= 0.3 is 0 Å². The van der Waals surface area contributed by atoms with E-state index in [1.165, 1.54) is 32.1 Å². The van der Waals surface area contributed by atoms with Gasteiger partial charge in [-0.05, 0) is 59.4 Å². The molecule has 0 nitrogen and oxygen atoms in total. The zero-order chi connectivity index (χ0) is 15.8. The Morgan fingerprint density at radius 1 is 0.800 bits per heavy atom. The SMILES string of the molecule is CCC1(CC)C(C)CC(C)C(CC)(CC)P1C(C)(C)C. The highest BCUT2D eigenvalue weighted by Gasteiger charge is 2.59. The highest BCUT2D eigenvalue weighted by molar-refractivity contribution is 7.62. The van der Waals surface area contributed by atoms with Gasteiger partial charge in [-0.15, -0.1) is 0 Å². The van der Waals surface area contributed by atoms with Crippen molar-refractivity contribution >= 4 is 7.92 Å². The Morgan fingerprint density at radius 2 is 1.10 bits per heavy atom. The van der Waals surface area contributed by atoms with E-state index in [2.05, 4.69) is 62.3 Å². The second-order valence-corrected chi connectivity index (χ2v) is 12.0. The summed E-state index contributed by atoms with van der Waals surface area (Å²) in [5, 5.41) is 1.68. The lowest BCUT2D eigenvalue weighted by Crippen LogP contribution is -2.54. The molecule has 1 aliphatic rings. The molecule has 1 saturated heterocycles. The largest absolute Gasteiger partial charge is 0.0879 e. The zero-order valence-electron chi connectivity index (χ0n) is 15.6. The molecule has 0 aromatic carbocycles. The van der Waals surface area contributed by atoms with Gasteiger partial charge < -0.3 is 0 Å². The molecule has 0 N–H and O–H groups in total. The van der Waals surface area contributed by atoms with Crippen LogP contribution in [0.4, 0.5) is 0 Å². The molecule has 0 radical (unpaired) electrons. The summed E-state index contributed by atoms with van der Waals surface area (Å²) in [5.41, 5.74) is 0. The van der Waals surface area contributed by atoms with Gasteiger partial charge in [0.2, 0.25) is 0 Å². The number of hydrogen-bond acceptors (Lipinski definition) is 0. The monoisotopic (exact) mass is 298 g/mol. The summed E-state index contributed by atoms with van der Waals surface area (Å²) in [6, 6.07) is 0. The van der Waals surface area contributed by atoms with Gasteiger partial charge in [-0.2, -0.15) is 0 Å². The molecule has 0 aliphatic carbocycles. The van der Waals surface area contributed by atoms with E-state index in [9.17, 15) is 0 Å². The fourth-order valence-electron chi connectivity index (χ4n) is 5.72. The molecule has 2 unspecified atom stereocenters. The molecule has 20 heavy (non-hydrogen) atoms. The Hall–Kier alpha value is 0.430. The molecule has 0 saturated carbocycles. The maximum atomic E-state index is 2.56. The molecule has 0 aromatic heterocycles. The predicted octanol–water partition coefficient (Wildman–Crippen LogP) is 7.06. The average molecular weight is 298 g/mol. The van der Waals surface area contributed by atoms with Gasteiger partial charge in [0.25, 0.3) is 0 Å². The summed E-state index contributed by atoms with van der Waals surface area (Å²) in [4.78, 5) is 0. The van der Waals surface area contributed by atoms with Crippen LogP contribution in [0.25, 0.3) is 0 Å². The molecule has 1 fully saturated rings. The smallest absolute Gasteiger partial charge is 0.00642 e. The van der Waals surface area contributed by atoms with Gasteiger partial charge in [-0.25, -0.2) is 0 Å². The molecular weight excluding hydrogens is 259 g/mol. The molecule has 2 atom stereocenters. The second-order valence-electron chi connectivity index (χ2n) is 8.17. The minimum Gasteiger partial charge on any atom is -0.0879 e. The summed E-state index contributed by atoms with van der Waals surface area (Å²) >= 11 is 0. The van der Waals surface area contributed by atoms with Crippen LogP contribution in [-0.2, 0) is 0 Å². The van der Waals surface area contributed by atoms with Crippen LogP contribution in [0.2, 0.25) is 0 Å².